The molecule has 192 valence electrons. The summed E-state index contributed by atoms with van der Waals surface area (Å²) in [5.74, 6) is -1.11. The van der Waals surface area contributed by atoms with Crippen molar-refractivity contribution >= 4 is 10.9 Å². The Balaban J connectivity index is 1.35. The highest BCUT2D eigenvalue weighted by atomic mass is 19.1. The maximum absolute atomic E-state index is 15.8. The van der Waals surface area contributed by atoms with Gasteiger partial charge >= 0.3 is 0 Å². The number of hydrogen-bond donors (Lipinski definition) is 1. The highest BCUT2D eigenvalue weighted by Gasteiger charge is 2.41. The molecule has 1 aromatic heterocycles. The van der Waals surface area contributed by atoms with Gasteiger partial charge in [-0.15, -0.1) is 0 Å². The molecule has 6 rings (SSSR count). The van der Waals surface area contributed by atoms with Crippen LogP contribution < -0.4 is 4.74 Å². The number of ether oxygens (including phenoxy) is 1. The second-order valence-electron chi connectivity index (χ2n) is 11.5. The molecule has 7 heteroatoms. The average Bonchev–Trinajstić information content (AvgIpc) is 3.09. The summed E-state index contributed by atoms with van der Waals surface area (Å²) in [4.78, 5) is 7.69. The van der Waals surface area contributed by atoms with E-state index >= 15 is 8.78 Å². The van der Waals surface area contributed by atoms with Crippen molar-refractivity contribution in [3.63, 3.8) is 0 Å². The van der Waals surface area contributed by atoms with Crippen LogP contribution in [0.3, 0.4) is 0 Å². The first-order chi connectivity index (χ1) is 17.2. The molecule has 1 saturated heterocycles. The van der Waals surface area contributed by atoms with E-state index in [9.17, 15) is 4.39 Å². The summed E-state index contributed by atoms with van der Waals surface area (Å²) in [7, 11) is 0. The van der Waals surface area contributed by atoms with Crippen LogP contribution in [0.4, 0.5) is 13.2 Å². The molecule has 0 spiro atoms. The van der Waals surface area contributed by atoms with Crippen LogP contribution in [0, 0.1) is 11.6 Å². The fourth-order valence-corrected chi connectivity index (χ4v) is 6.18. The first-order valence-electron chi connectivity index (χ1n) is 13.1. The van der Waals surface area contributed by atoms with Gasteiger partial charge in [0.05, 0.1) is 6.04 Å². The zero-order chi connectivity index (χ0) is 25.2. The Morgan fingerprint density at radius 1 is 1.08 bits per heavy atom. The highest BCUT2D eigenvalue weighted by Crippen LogP contribution is 2.44. The van der Waals surface area contributed by atoms with Crippen molar-refractivity contribution in [1.29, 1.82) is 0 Å². The van der Waals surface area contributed by atoms with Crippen molar-refractivity contribution in [3.05, 3.63) is 64.9 Å². The number of alkyl halides is 1. The summed E-state index contributed by atoms with van der Waals surface area (Å²) in [6.45, 7) is 6.67. The van der Waals surface area contributed by atoms with Crippen LogP contribution in [0.2, 0.25) is 0 Å². The zero-order valence-corrected chi connectivity index (χ0v) is 21.2. The van der Waals surface area contributed by atoms with Crippen LogP contribution in [-0.2, 0) is 6.42 Å². The van der Waals surface area contributed by atoms with Crippen LogP contribution in [0.25, 0.3) is 10.9 Å². The molecule has 1 saturated carbocycles. The van der Waals surface area contributed by atoms with E-state index in [1.165, 1.54) is 45.2 Å². The first kappa shape index (κ1) is 23.9. The molecule has 4 nitrogen and oxygen atoms in total. The van der Waals surface area contributed by atoms with E-state index in [4.69, 9.17) is 4.74 Å². The zero-order valence-electron chi connectivity index (χ0n) is 21.2. The van der Waals surface area contributed by atoms with Gasteiger partial charge in [0, 0.05) is 66.0 Å². The van der Waals surface area contributed by atoms with Crippen molar-refractivity contribution in [3.8, 4) is 5.75 Å². The van der Waals surface area contributed by atoms with E-state index in [0.717, 1.165) is 35.2 Å². The quantitative estimate of drug-likeness (QED) is 0.444. The van der Waals surface area contributed by atoms with E-state index in [2.05, 4.69) is 9.88 Å². The van der Waals surface area contributed by atoms with Gasteiger partial charge in [0.2, 0.25) is 0 Å². The summed E-state index contributed by atoms with van der Waals surface area (Å²) in [6.07, 6.45) is 4.36. The number of H-pyrrole nitrogens is 1. The minimum atomic E-state index is -1.53. The van der Waals surface area contributed by atoms with Gasteiger partial charge in [0.15, 0.2) is 0 Å². The molecule has 1 N–H and O–H groups in total. The Labute approximate surface area is 210 Å². The minimum Gasteiger partial charge on any atom is -0.488 e. The fraction of sp³-hybridized carbons (Fsp3) is 0.517. The van der Waals surface area contributed by atoms with Gasteiger partial charge in [-0.3, -0.25) is 9.80 Å². The largest absolute Gasteiger partial charge is 0.488 e. The van der Waals surface area contributed by atoms with E-state index in [1.807, 2.05) is 36.1 Å². The molecule has 2 aliphatic heterocycles. The van der Waals surface area contributed by atoms with Gasteiger partial charge in [0.25, 0.3) is 0 Å². The molecule has 0 radical (unpaired) electrons. The molecule has 36 heavy (non-hydrogen) atoms. The molecular formula is C29H34F3N3O. The fourth-order valence-electron chi connectivity index (χ4n) is 6.18. The number of halogens is 3. The number of benzene rings is 2. The van der Waals surface area contributed by atoms with E-state index in [0.29, 0.717) is 12.5 Å². The third-order valence-electron chi connectivity index (χ3n) is 8.17. The van der Waals surface area contributed by atoms with E-state index < -0.39 is 23.3 Å². The van der Waals surface area contributed by atoms with Crippen LogP contribution in [0.5, 0.6) is 5.75 Å². The van der Waals surface area contributed by atoms with Crippen LogP contribution in [0.15, 0.2) is 36.4 Å². The summed E-state index contributed by atoms with van der Waals surface area (Å²) in [5.41, 5.74) is 1.11. The third kappa shape index (κ3) is 4.20. The normalized spacial score (nSPS) is 23.9. The molecule has 3 heterocycles. The lowest BCUT2D eigenvalue weighted by atomic mass is 9.87. The minimum absolute atomic E-state index is 0.0471. The number of para-hydroxylation sites is 1. The molecule has 1 aliphatic carbocycles. The van der Waals surface area contributed by atoms with Crippen molar-refractivity contribution in [2.75, 3.05) is 19.6 Å². The summed E-state index contributed by atoms with van der Waals surface area (Å²) >= 11 is 0. The van der Waals surface area contributed by atoms with Crippen LogP contribution in [-0.4, -0.2) is 58.3 Å². The molecule has 3 aliphatic rings. The van der Waals surface area contributed by atoms with Gasteiger partial charge < -0.3 is 9.72 Å². The van der Waals surface area contributed by atoms with Gasteiger partial charge in [-0.05, 0) is 51.7 Å². The number of rotatable bonds is 6. The Bertz CT molecular complexity index is 1250. The Morgan fingerprint density at radius 3 is 2.42 bits per heavy atom. The molecule has 2 aromatic carbocycles. The van der Waals surface area contributed by atoms with Gasteiger partial charge in [-0.1, -0.05) is 24.6 Å². The lowest BCUT2D eigenvalue weighted by Crippen LogP contribution is -2.59. The number of aromatic nitrogens is 1. The second-order valence-corrected chi connectivity index (χ2v) is 11.5. The van der Waals surface area contributed by atoms with Gasteiger partial charge in [-0.2, -0.15) is 0 Å². The Morgan fingerprint density at radius 2 is 1.78 bits per heavy atom. The van der Waals surface area contributed by atoms with Crippen molar-refractivity contribution in [2.24, 2.45) is 0 Å². The number of likely N-dealkylation sites (tertiary alicyclic amines) is 1. The number of hydrogen-bond acceptors (Lipinski definition) is 3. The van der Waals surface area contributed by atoms with Crippen molar-refractivity contribution in [2.45, 2.75) is 76.4 Å². The standard InChI is InChI=1S/C29H34F3N3O/c1-17-11-22-21-9-4-5-10-25(21)33-27(22)28(35(17)16-29(2,3)32)26-23(30)12-19(13-24(26)31)36-20-14-34(15-20)18-7-6-8-18/h4-5,9-10,12-13,17-18,20,28,33H,6-8,11,14-16H2,1-3H3/t17-,28-/m1/s1. The van der Waals surface area contributed by atoms with E-state index in [1.54, 1.807) is 0 Å². The monoisotopic (exact) mass is 497 g/mol. The van der Waals surface area contributed by atoms with Crippen molar-refractivity contribution in [1.82, 2.24) is 14.8 Å². The molecule has 0 amide bonds. The smallest absolute Gasteiger partial charge is 0.135 e. The number of aromatic amines is 1. The SMILES string of the molecule is C[C@@H]1Cc2c([nH]c3ccccc23)[C@@H](c2c(F)cc(OC3CN(C4CCC4)C3)cc2F)N1CC(C)(C)F. The summed E-state index contributed by atoms with van der Waals surface area (Å²) in [6, 6.07) is 10.3. The highest BCUT2D eigenvalue weighted by molar-refractivity contribution is 5.85. The first-order valence-corrected chi connectivity index (χ1v) is 13.1. The predicted molar refractivity (Wildman–Crippen MR) is 135 cm³/mol. The third-order valence-corrected chi connectivity index (χ3v) is 8.17. The van der Waals surface area contributed by atoms with Crippen molar-refractivity contribution < 1.29 is 17.9 Å². The van der Waals surface area contributed by atoms with Gasteiger partial charge in [0.1, 0.15) is 29.2 Å². The van der Waals surface area contributed by atoms with E-state index in [-0.39, 0.29) is 30.0 Å². The number of nitrogens with one attached hydrogen (secondary N) is 1. The predicted octanol–water partition coefficient (Wildman–Crippen LogP) is 6.15. The second kappa shape index (κ2) is 8.80. The Kier molecular flexibility index (Phi) is 5.84. The van der Waals surface area contributed by atoms with Gasteiger partial charge in [-0.25, -0.2) is 13.2 Å². The molecule has 2 fully saturated rings. The summed E-state index contributed by atoms with van der Waals surface area (Å²) in [5, 5.41) is 1.05. The maximum Gasteiger partial charge on any atom is 0.135 e. The lowest BCUT2D eigenvalue weighted by Gasteiger charge is -2.47. The Hall–Kier alpha value is -2.51. The topological polar surface area (TPSA) is 31.5 Å². The molecule has 2 atom stereocenters. The number of fused-ring (bicyclic) bond motifs is 3. The average molecular weight is 498 g/mol. The molecule has 0 bridgehead atoms. The van der Waals surface area contributed by atoms with Crippen LogP contribution in [0.1, 0.15) is 62.9 Å². The molecule has 0 unspecified atom stereocenters. The molecule has 3 aromatic rings. The van der Waals surface area contributed by atoms with Crippen LogP contribution >= 0.6 is 0 Å². The molecular weight excluding hydrogens is 463 g/mol. The summed E-state index contributed by atoms with van der Waals surface area (Å²) < 4.78 is 52.4. The number of nitrogens with zero attached hydrogens (tertiary/aromatic N) is 2. The maximum atomic E-state index is 15.8. The lowest BCUT2D eigenvalue weighted by molar-refractivity contribution is -0.0310.